The quantitative estimate of drug-likeness (QED) is 0.920. The van der Waals surface area contributed by atoms with Gasteiger partial charge in [0.2, 0.25) is 5.91 Å². The number of benzene rings is 1. The van der Waals surface area contributed by atoms with Crippen LogP contribution in [0.2, 0.25) is 0 Å². The number of methoxy groups -OCH3 is 2. The summed E-state index contributed by atoms with van der Waals surface area (Å²) in [5.41, 5.74) is 3.23. The van der Waals surface area contributed by atoms with Crippen LogP contribution in [0, 0.1) is 6.92 Å². The second-order valence-corrected chi connectivity index (χ2v) is 5.09. The lowest BCUT2D eigenvalue weighted by molar-refractivity contribution is -0.115. The second kappa shape index (κ2) is 6.38. The summed E-state index contributed by atoms with van der Waals surface area (Å²) < 4.78 is 10.4. The monoisotopic (exact) mass is 292 g/mol. The molecule has 0 fully saturated rings. The van der Waals surface area contributed by atoms with Crippen molar-refractivity contribution in [2.45, 2.75) is 13.3 Å². The molecule has 1 N–H and O–H groups in total. The molecule has 2 aromatic rings. The summed E-state index contributed by atoms with van der Waals surface area (Å²) in [6.07, 6.45) is 0.302. The molecule has 0 radical (unpaired) electrons. The van der Waals surface area contributed by atoms with Crippen LogP contribution in [0.5, 0.6) is 11.5 Å². The molecule has 20 heavy (non-hydrogen) atoms. The predicted octanol–water partition coefficient (Wildman–Crippen LogP) is 2.65. The molecule has 1 aromatic carbocycles. The summed E-state index contributed by atoms with van der Waals surface area (Å²) in [6, 6.07) is 5.27. The number of rotatable bonds is 5. The first kappa shape index (κ1) is 14.3. The lowest BCUT2D eigenvalue weighted by Gasteiger charge is -2.11. The number of amides is 1. The Labute approximate surface area is 121 Å². The van der Waals surface area contributed by atoms with Crippen LogP contribution in [0.3, 0.4) is 0 Å². The van der Waals surface area contributed by atoms with Gasteiger partial charge in [-0.1, -0.05) is 0 Å². The number of hydrogen-bond acceptors (Lipinski definition) is 5. The Hall–Kier alpha value is -2.08. The molecule has 106 valence electrons. The largest absolute Gasteiger partial charge is 0.497 e. The predicted molar refractivity (Wildman–Crippen MR) is 78.7 cm³/mol. The summed E-state index contributed by atoms with van der Waals surface area (Å²) in [7, 11) is 3.14. The van der Waals surface area contributed by atoms with Gasteiger partial charge in [-0.05, 0) is 19.1 Å². The third kappa shape index (κ3) is 3.27. The summed E-state index contributed by atoms with van der Waals surface area (Å²) in [4.78, 5) is 17.2. The molecule has 0 aliphatic carbocycles. The van der Waals surface area contributed by atoms with Crippen LogP contribution in [0.25, 0.3) is 0 Å². The Morgan fingerprint density at radius 3 is 2.75 bits per heavy atom. The molecule has 0 bridgehead atoms. The van der Waals surface area contributed by atoms with E-state index >= 15 is 0 Å². The SMILES string of the molecule is COc1ccc(OC)c(NC(=O)Cc2scnc2C)c1. The van der Waals surface area contributed by atoms with E-state index in [0.29, 0.717) is 23.6 Å². The van der Waals surface area contributed by atoms with E-state index in [1.165, 1.54) is 11.3 Å². The Kier molecular flexibility index (Phi) is 4.57. The summed E-state index contributed by atoms with van der Waals surface area (Å²) in [5.74, 6) is 1.15. The van der Waals surface area contributed by atoms with Gasteiger partial charge >= 0.3 is 0 Å². The first-order valence-corrected chi connectivity index (χ1v) is 6.93. The van der Waals surface area contributed by atoms with E-state index in [1.807, 2.05) is 6.92 Å². The highest BCUT2D eigenvalue weighted by Gasteiger charge is 2.12. The van der Waals surface area contributed by atoms with Gasteiger partial charge in [-0.2, -0.15) is 0 Å². The van der Waals surface area contributed by atoms with Crippen LogP contribution < -0.4 is 14.8 Å². The van der Waals surface area contributed by atoms with Crippen molar-refractivity contribution in [1.29, 1.82) is 0 Å². The molecule has 5 nitrogen and oxygen atoms in total. The number of anilines is 1. The molecular formula is C14H16N2O3S. The molecule has 1 heterocycles. The first-order valence-electron chi connectivity index (χ1n) is 6.05. The molecule has 0 spiro atoms. The Morgan fingerprint density at radius 1 is 1.35 bits per heavy atom. The normalized spacial score (nSPS) is 10.2. The highest BCUT2D eigenvalue weighted by molar-refractivity contribution is 7.09. The van der Waals surface area contributed by atoms with E-state index in [4.69, 9.17) is 9.47 Å². The highest BCUT2D eigenvalue weighted by atomic mass is 32.1. The van der Waals surface area contributed by atoms with E-state index in [0.717, 1.165) is 10.6 Å². The summed E-state index contributed by atoms with van der Waals surface area (Å²) in [5, 5.41) is 2.84. The van der Waals surface area contributed by atoms with Gasteiger partial charge < -0.3 is 14.8 Å². The van der Waals surface area contributed by atoms with Crippen molar-refractivity contribution >= 4 is 22.9 Å². The molecule has 0 saturated heterocycles. The third-order valence-corrected chi connectivity index (χ3v) is 3.78. The number of aryl methyl sites for hydroxylation is 1. The molecule has 0 unspecified atom stereocenters. The lowest BCUT2D eigenvalue weighted by Crippen LogP contribution is -2.15. The number of carbonyl (C=O) groups is 1. The zero-order valence-corrected chi connectivity index (χ0v) is 12.4. The number of thiazole rings is 1. The van der Waals surface area contributed by atoms with Gasteiger partial charge in [0.25, 0.3) is 0 Å². The topological polar surface area (TPSA) is 60.5 Å². The Bertz CT molecular complexity index is 610. The molecule has 2 rings (SSSR count). The molecule has 0 aliphatic rings. The zero-order valence-electron chi connectivity index (χ0n) is 11.6. The number of aromatic nitrogens is 1. The van der Waals surface area contributed by atoms with Crippen molar-refractivity contribution in [2.24, 2.45) is 0 Å². The van der Waals surface area contributed by atoms with Crippen LogP contribution in [0.1, 0.15) is 10.6 Å². The molecule has 1 amide bonds. The standard InChI is InChI=1S/C14H16N2O3S/c1-9-13(20-8-15-9)7-14(17)16-11-6-10(18-2)4-5-12(11)19-3/h4-6,8H,7H2,1-3H3,(H,16,17). The number of nitrogens with one attached hydrogen (secondary N) is 1. The average molecular weight is 292 g/mol. The average Bonchev–Trinajstić information content (AvgIpc) is 2.84. The van der Waals surface area contributed by atoms with Gasteiger partial charge in [0.15, 0.2) is 0 Å². The zero-order chi connectivity index (χ0) is 14.5. The van der Waals surface area contributed by atoms with Gasteiger partial charge in [-0.15, -0.1) is 11.3 Å². The van der Waals surface area contributed by atoms with Crippen molar-refractivity contribution in [3.05, 3.63) is 34.3 Å². The molecular weight excluding hydrogens is 276 g/mol. The van der Waals surface area contributed by atoms with E-state index in [1.54, 1.807) is 37.9 Å². The lowest BCUT2D eigenvalue weighted by atomic mass is 10.2. The van der Waals surface area contributed by atoms with Crippen LogP contribution in [0.15, 0.2) is 23.7 Å². The van der Waals surface area contributed by atoms with Gasteiger partial charge in [-0.3, -0.25) is 4.79 Å². The molecule has 6 heteroatoms. The molecule has 0 atom stereocenters. The smallest absolute Gasteiger partial charge is 0.229 e. The van der Waals surface area contributed by atoms with E-state index < -0.39 is 0 Å². The van der Waals surface area contributed by atoms with Crippen molar-refractivity contribution < 1.29 is 14.3 Å². The summed E-state index contributed by atoms with van der Waals surface area (Å²) in [6.45, 7) is 1.89. The van der Waals surface area contributed by atoms with Crippen LogP contribution in [-0.4, -0.2) is 25.1 Å². The van der Waals surface area contributed by atoms with Gasteiger partial charge in [0.05, 0.1) is 37.5 Å². The first-order chi connectivity index (χ1) is 9.63. The number of hydrogen-bond donors (Lipinski definition) is 1. The minimum atomic E-state index is -0.107. The highest BCUT2D eigenvalue weighted by Crippen LogP contribution is 2.29. The van der Waals surface area contributed by atoms with Crippen molar-refractivity contribution in [3.63, 3.8) is 0 Å². The Balaban J connectivity index is 2.12. The fourth-order valence-corrected chi connectivity index (χ4v) is 2.52. The van der Waals surface area contributed by atoms with Crippen molar-refractivity contribution in [1.82, 2.24) is 4.98 Å². The van der Waals surface area contributed by atoms with E-state index in [-0.39, 0.29) is 5.91 Å². The maximum Gasteiger partial charge on any atom is 0.229 e. The van der Waals surface area contributed by atoms with Crippen LogP contribution in [-0.2, 0) is 11.2 Å². The number of nitrogens with zero attached hydrogens (tertiary/aromatic N) is 1. The fourth-order valence-electron chi connectivity index (χ4n) is 1.75. The molecule has 1 aromatic heterocycles. The molecule has 0 saturated carbocycles. The summed E-state index contributed by atoms with van der Waals surface area (Å²) >= 11 is 1.48. The Morgan fingerprint density at radius 2 is 2.15 bits per heavy atom. The molecule has 0 aliphatic heterocycles. The number of ether oxygens (including phenoxy) is 2. The van der Waals surface area contributed by atoms with Crippen molar-refractivity contribution in [2.75, 3.05) is 19.5 Å². The van der Waals surface area contributed by atoms with Gasteiger partial charge in [0, 0.05) is 10.9 Å². The fraction of sp³-hybridized carbons (Fsp3) is 0.286. The van der Waals surface area contributed by atoms with E-state index in [9.17, 15) is 4.79 Å². The van der Waals surface area contributed by atoms with Crippen LogP contribution in [0.4, 0.5) is 5.69 Å². The third-order valence-electron chi connectivity index (χ3n) is 2.85. The maximum atomic E-state index is 12.1. The second-order valence-electron chi connectivity index (χ2n) is 4.15. The van der Waals surface area contributed by atoms with Gasteiger partial charge in [0.1, 0.15) is 11.5 Å². The maximum absolute atomic E-state index is 12.1. The van der Waals surface area contributed by atoms with E-state index in [2.05, 4.69) is 10.3 Å². The number of carbonyl (C=O) groups excluding carboxylic acids is 1. The van der Waals surface area contributed by atoms with Crippen molar-refractivity contribution in [3.8, 4) is 11.5 Å². The minimum Gasteiger partial charge on any atom is -0.497 e. The van der Waals surface area contributed by atoms with Gasteiger partial charge in [-0.25, -0.2) is 4.98 Å². The minimum absolute atomic E-state index is 0.107. The van der Waals surface area contributed by atoms with Crippen LogP contribution >= 0.6 is 11.3 Å².